The molecule has 5 nitrogen and oxygen atoms in total. The molecular weight excluding hydrogens is 325 g/mol. The minimum absolute atomic E-state index is 0.0124. The van der Waals surface area contributed by atoms with Gasteiger partial charge in [0.25, 0.3) is 0 Å². The Hall–Kier alpha value is -2.47. The minimum Gasteiger partial charge on any atom is -0.507 e. The summed E-state index contributed by atoms with van der Waals surface area (Å²) < 4.78 is 18.0. The van der Waals surface area contributed by atoms with Crippen LogP contribution >= 0.6 is 11.6 Å². The number of phenols is 2. The lowest BCUT2D eigenvalue weighted by atomic mass is 10.1. The second-order valence-electron chi connectivity index (χ2n) is 4.94. The third-order valence-corrected chi connectivity index (χ3v) is 3.63. The first-order chi connectivity index (χ1) is 10.8. The maximum absolute atomic E-state index is 13.4. The van der Waals surface area contributed by atoms with Gasteiger partial charge in [-0.15, -0.1) is 0 Å². The average Bonchev–Trinajstić information content (AvgIpc) is 2.51. The molecule has 2 rings (SSSR count). The van der Waals surface area contributed by atoms with Crippen LogP contribution in [-0.2, 0) is 11.3 Å². The van der Waals surface area contributed by atoms with Gasteiger partial charge in [-0.1, -0.05) is 11.6 Å². The fraction of sp³-hybridized carbons (Fsp3) is 0.188. The van der Waals surface area contributed by atoms with Crippen molar-refractivity contribution in [1.29, 1.82) is 0 Å². The van der Waals surface area contributed by atoms with Crippen LogP contribution in [0.25, 0.3) is 0 Å². The van der Waals surface area contributed by atoms with E-state index < -0.39 is 11.8 Å². The molecule has 0 heterocycles. The smallest absolute Gasteiger partial charge is 0.341 e. The lowest BCUT2D eigenvalue weighted by molar-refractivity contribution is 0.0597. The highest BCUT2D eigenvalue weighted by molar-refractivity contribution is 6.32. The van der Waals surface area contributed by atoms with Crippen LogP contribution in [0.4, 0.5) is 10.1 Å². The fourth-order valence-corrected chi connectivity index (χ4v) is 2.35. The van der Waals surface area contributed by atoms with E-state index in [4.69, 9.17) is 11.6 Å². The van der Waals surface area contributed by atoms with Gasteiger partial charge in [0.1, 0.15) is 22.9 Å². The Balaban J connectivity index is 2.31. The van der Waals surface area contributed by atoms with E-state index in [1.165, 1.54) is 25.3 Å². The number of carbonyl (C=O) groups is 1. The fourth-order valence-electron chi connectivity index (χ4n) is 2.12. The lowest BCUT2D eigenvalue weighted by Gasteiger charge is -2.21. The van der Waals surface area contributed by atoms with E-state index in [0.29, 0.717) is 11.3 Å². The van der Waals surface area contributed by atoms with Crippen molar-refractivity contribution in [3.05, 3.63) is 52.3 Å². The summed E-state index contributed by atoms with van der Waals surface area (Å²) in [5.74, 6) is -1.64. The number of hydrogen-bond acceptors (Lipinski definition) is 5. The molecule has 0 saturated carbocycles. The molecular formula is C16H15ClFNO4. The maximum atomic E-state index is 13.4. The third kappa shape index (κ3) is 3.65. The normalized spacial score (nSPS) is 10.4. The number of esters is 1. The van der Waals surface area contributed by atoms with Gasteiger partial charge in [-0.25, -0.2) is 9.18 Å². The van der Waals surface area contributed by atoms with Gasteiger partial charge in [-0.3, -0.25) is 0 Å². The molecule has 2 aromatic carbocycles. The molecule has 122 valence electrons. The van der Waals surface area contributed by atoms with E-state index in [0.717, 1.165) is 6.07 Å². The molecule has 0 radical (unpaired) electrons. The van der Waals surface area contributed by atoms with E-state index >= 15 is 0 Å². The van der Waals surface area contributed by atoms with Crippen LogP contribution in [0.5, 0.6) is 11.5 Å². The van der Waals surface area contributed by atoms with Crippen molar-refractivity contribution in [1.82, 2.24) is 0 Å². The highest BCUT2D eigenvalue weighted by atomic mass is 35.5. The van der Waals surface area contributed by atoms with Crippen LogP contribution < -0.4 is 4.90 Å². The van der Waals surface area contributed by atoms with E-state index in [-0.39, 0.29) is 28.6 Å². The second kappa shape index (κ2) is 6.75. The Morgan fingerprint density at radius 3 is 2.65 bits per heavy atom. The molecule has 0 unspecified atom stereocenters. The number of halogens is 2. The van der Waals surface area contributed by atoms with Crippen LogP contribution in [0.15, 0.2) is 30.3 Å². The number of benzene rings is 2. The number of nitrogens with zero attached hydrogens (tertiary/aromatic N) is 1. The number of hydrogen-bond donors (Lipinski definition) is 2. The Morgan fingerprint density at radius 2 is 2.00 bits per heavy atom. The van der Waals surface area contributed by atoms with Gasteiger partial charge < -0.3 is 19.8 Å². The lowest BCUT2D eigenvalue weighted by Crippen LogP contribution is -2.17. The van der Waals surface area contributed by atoms with Crippen LogP contribution in [-0.4, -0.2) is 30.3 Å². The molecule has 0 aromatic heterocycles. The Morgan fingerprint density at radius 1 is 1.30 bits per heavy atom. The minimum atomic E-state index is -0.672. The summed E-state index contributed by atoms with van der Waals surface area (Å²) in [5.41, 5.74) is 0.881. The molecule has 0 atom stereocenters. The van der Waals surface area contributed by atoms with Gasteiger partial charge in [0.15, 0.2) is 0 Å². The van der Waals surface area contributed by atoms with Crippen molar-refractivity contribution in [2.24, 2.45) is 0 Å². The second-order valence-corrected chi connectivity index (χ2v) is 5.35. The Labute approximate surface area is 137 Å². The first-order valence-corrected chi connectivity index (χ1v) is 7.00. The van der Waals surface area contributed by atoms with E-state index in [2.05, 4.69) is 4.74 Å². The van der Waals surface area contributed by atoms with Crippen molar-refractivity contribution < 1.29 is 24.1 Å². The van der Waals surface area contributed by atoms with E-state index in [1.807, 2.05) is 0 Å². The molecule has 7 heteroatoms. The number of anilines is 1. The monoisotopic (exact) mass is 339 g/mol. The number of rotatable bonds is 4. The zero-order valence-corrected chi connectivity index (χ0v) is 13.3. The molecule has 0 aliphatic rings. The standard InChI is InChI=1S/C16H15ClFNO4/c1-19(8-9-5-10(18)6-13(17)15(9)21)11-3-4-14(20)12(7-11)16(22)23-2/h3-7,20-21H,8H2,1-2H3. The molecule has 0 spiro atoms. The van der Waals surface area contributed by atoms with Gasteiger partial charge in [0, 0.05) is 24.8 Å². The molecule has 23 heavy (non-hydrogen) atoms. The van der Waals surface area contributed by atoms with Crippen molar-refractivity contribution in [3.8, 4) is 11.5 Å². The zero-order chi connectivity index (χ0) is 17.1. The summed E-state index contributed by atoms with van der Waals surface area (Å²) in [6, 6.07) is 6.59. The molecule has 0 amide bonds. The quantitative estimate of drug-likeness (QED) is 0.836. The number of aromatic hydroxyl groups is 2. The first kappa shape index (κ1) is 16.9. The summed E-state index contributed by atoms with van der Waals surface area (Å²) >= 11 is 5.75. The van der Waals surface area contributed by atoms with Crippen molar-refractivity contribution >= 4 is 23.3 Å². The molecule has 0 saturated heterocycles. The van der Waals surface area contributed by atoms with Crippen molar-refractivity contribution in [2.45, 2.75) is 6.54 Å². The average molecular weight is 340 g/mol. The zero-order valence-electron chi connectivity index (χ0n) is 12.5. The predicted molar refractivity (Wildman–Crippen MR) is 84.6 cm³/mol. The topological polar surface area (TPSA) is 70.0 Å². The Kier molecular flexibility index (Phi) is 4.95. The van der Waals surface area contributed by atoms with Crippen LogP contribution in [0.1, 0.15) is 15.9 Å². The van der Waals surface area contributed by atoms with Crippen molar-refractivity contribution in [3.63, 3.8) is 0 Å². The molecule has 0 aliphatic carbocycles. The summed E-state index contributed by atoms with van der Waals surface area (Å²) in [6.07, 6.45) is 0. The number of ether oxygens (including phenoxy) is 1. The number of phenolic OH excluding ortho intramolecular Hbond substituents is 2. The van der Waals surface area contributed by atoms with Gasteiger partial charge >= 0.3 is 5.97 Å². The van der Waals surface area contributed by atoms with Crippen LogP contribution in [0, 0.1) is 5.82 Å². The molecule has 0 bridgehead atoms. The van der Waals surface area contributed by atoms with E-state index in [9.17, 15) is 19.4 Å². The van der Waals surface area contributed by atoms with E-state index in [1.54, 1.807) is 18.0 Å². The van der Waals surface area contributed by atoms with Crippen molar-refractivity contribution in [2.75, 3.05) is 19.1 Å². The Bertz CT molecular complexity index is 751. The first-order valence-electron chi connectivity index (χ1n) is 6.63. The summed E-state index contributed by atoms with van der Waals surface area (Å²) in [6.45, 7) is 0.148. The molecule has 0 aliphatic heterocycles. The number of methoxy groups -OCH3 is 1. The molecule has 0 fully saturated rings. The van der Waals surface area contributed by atoms with Crippen LogP contribution in [0.2, 0.25) is 5.02 Å². The van der Waals surface area contributed by atoms with Crippen LogP contribution in [0.3, 0.4) is 0 Å². The largest absolute Gasteiger partial charge is 0.507 e. The van der Waals surface area contributed by atoms with Gasteiger partial charge in [-0.2, -0.15) is 0 Å². The van der Waals surface area contributed by atoms with Gasteiger partial charge in [0.2, 0.25) is 0 Å². The summed E-state index contributed by atoms with van der Waals surface area (Å²) in [4.78, 5) is 13.3. The SMILES string of the molecule is COC(=O)c1cc(N(C)Cc2cc(F)cc(Cl)c2O)ccc1O. The highest BCUT2D eigenvalue weighted by Gasteiger charge is 2.15. The number of carbonyl (C=O) groups excluding carboxylic acids is 1. The predicted octanol–water partition coefficient (Wildman–Crippen LogP) is 3.31. The van der Waals surface area contributed by atoms with Gasteiger partial charge in [-0.05, 0) is 30.3 Å². The maximum Gasteiger partial charge on any atom is 0.341 e. The summed E-state index contributed by atoms with van der Waals surface area (Å²) in [5, 5.41) is 19.5. The third-order valence-electron chi connectivity index (χ3n) is 3.34. The molecule has 2 aromatic rings. The highest BCUT2D eigenvalue weighted by Crippen LogP contribution is 2.31. The summed E-state index contributed by atoms with van der Waals surface area (Å²) in [7, 11) is 2.90. The van der Waals surface area contributed by atoms with Gasteiger partial charge in [0.05, 0.1) is 12.1 Å². The molecule has 2 N–H and O–H groups in total.